The topological polar surface area (TPSA) is 52.6 Å². The highest BCUT2D eigenvalue weighted by Crippen LogP contribution is 2.22. The van der Waals surface area contributed by atoms with E-state index in [0.717, 1.165) is 6.07 Å². The predicted molar refractivity (Wildman–Crippen MR) is 56.7 cm³/mol. The van der Waals surface area contributed by atoms with Crippen molar-refractivity contribution < 1.29 is 18.7 Å². The largest absolute Gasteiger partial charge is 0.465 e. The van der Waals surface area contributed by atoms with Gasteiger partial charge < -0.3 is 15.3 Å². The molecule has 2 rings (SSSR count). The van der Waals surface area contributed by atoms with Gasteiger partial charge in [0.15, 0.2) is 11.6 Å². The first-order valence-electron chi connectivity index (χ1n) is 5.24. The molecule has 1 saturated heterocycles. The molecule has 1 amide bonds. The highest BCUT2D eigenvalue weighted by atomic mass is 19.2. The molecule has 1 aliphatic heterocycles. The third-order valence-electron chi connectivity index (χ3n) is 2.80. The van der Waals surface area contributed by atoms with Crippen LogP contribution in [0.1, 0.15) is 11.6 Å². The number of hydrogen-bond donors (Lipinski definition) is 2. The van der Waals surface area contributed by atoms with Crippen molar-refractivity contribution in [3.05, 3.63) is 35.4 Å². The number of amides is 1. The molecule has 2 N–H and O–H groups in total. The standard InChI is InChI=1S/C11H12F2N2O2/c12-8-3-1-2-7(10(8)13)9-6-15(11(16)17)5-4-14-9/h1-3,9,14H,4-6H2,(H,16,17). The summed E-state index contributed by atoms with van der Waals surface area (Å²) in [6.07, 6.45) is -1.05. The van der Waals surface area contributed by atoms with Gasteiger partial charge in [0.2, 0.25) is 0 Å². The van der Waals surface area contributed by atoms with Gasteiger partial charge in [-0.05, 0) is 6.07 Å². The van der Waals surface area contributed by atoms with Crippen molar-refractivity contribution in [2.24, 2.45) is 0 Å². The Hall–Kier alpha value is -1.69. The summed E-state index contributed by atoms with van der Waals surface area (Å²) in [7, 11) is 0. The van der Waals surface area contributed by atoms with Crippen LogP contribution in [0.15, 0.2) is 18.2 Å². The van der Waals surface area contributed by atoms with Crippen molar-refractivity contribution in [2.75, 3.05) is 19.6 Å². The molecule has 1 unspecified atom stereocenters. The molecule has 0 saturated carbocycles. The van der Waals surface area contributed by atoms with E-state index >= 15 is 0 Å². The molecule has 0 aromatic heterocycles. The van der Waals surface area contributed by atoms with Gasteiger partial charge in [-0.2, -0.15) is 0 Å². The number of benzene rings is 1. The van der Waals surface area contributed by atoms with Gasteiger partial charge in [-0.15, -0.1) is 0 Å². The number of carbonyl (C=O) groups is 1. The summed E-state index contributed by atoms with van der Waals surface area (Å²) in [6.45, 7) is 0.894. The average Bonchev–Trinajstić information content (AvgIpc) is 2.33. The minimum atomic E-state index is -1.05. The zero-order chi connectivity index (χ0) is 12.4. The molecular weight excluding hydrogens is 230 g/mol. The Balaban J connectivity index is 2.22. The van der Waals surface area contributed by atoms with Crippen molar-refractivity contribution in [1.29, 1.82) is 0 Å². The molecule has 1 aromatic carbocycles. The number of halogens is 2. The van der Waals surface area contributed by atoms with E-state index in [9.17, 15) is 13.6 Å². The van der Waals surface area contributed by atoms with E-state index in [1.54, 1.807) is 0 Å². The second kappa shape index (κ2) is 4.67. The number of carboxylic acid groups (broad SMARTS) is 1. The van der Waals surface area contributed by atoms with Gasteiger partial charge in [0.25, 0.3) is 0 Å². The quantitative estimate of drug-likeness (QED) is 0.786. The van der Waals surface area contributed by atoms with E-state index < -0.39 is 23.8 Å². The summed E-state index contributed by atoms with van der Waals surface area (Å²) in [6, 6.07) is 3.41. The average molecular weight is 242 g/mol. The zero-order valence-electron chi connectivity index (χ0n) is 8.99. The van der Waals surface area contributed by atoms with Gasteiger partial charge in [0.1, 0.15) is 0 Å². The summed E-state index contributed by atoms with van der Waals surface area (Å²) in [4.78, 5) is 12.0. The molecule has 1 aromatic rings. The fourth-order valence-corrected chi connectivity index (χ4v) is 1.92. The number of nitrogens with one attached hydrogen (secondary N) is 1. The Kier molecular flexibility index (Phi) is 3.23. The monoisotopic (exact) mass is 242 g/mol. The van der Waals surface area contributed by atoms with Crippen molar-refractivity contribution >= 4 is 6.09 Å². The Bertz CT molecular complexity index is 439. The Morgan fingerprint density at radius 1 is 1.47 bits per heavy atom. The second-order valence-electron chi connectivity index (χ2n) is 3.88. The highest BCUT2D eigenvalue weighted by molar-refractivity contribution is 5.65. The molecule has 1 atom stereocenters. The minimum absolute atomic E-state index is 0.121. The van der Waals surface area contributed by atoms with E-state index in [0.29, 0.717) is 13.1 Å². The molecule has 1 aliphatic rings. The molecule has 1 heterocycles. The van der Waals surface area contributed by atoms with E-state index in [1.165, 1.54) is 17.0 Å². The Morgan fingerprint density at radius 2 is 2.24 bits per heavy atom. The van der Waals surface area contributed by atoms with Crippen LogP contribution in [0.5, 0.6) is 0 Å². The highest BCUT2D eigenvalue weighted by Gasteiger charge is 2.26. The van der Waals surface area contributed by atoms with Crippen LogP contribution in [0.4, 0.5) is 13.6 Å². The molecule has 0 bridgehead atoms. The van der Waals surface area contributed by atoms with Crippen molar-refractivity contribution in [1.82, 2.24) is 10.2 Å². The summed E-state index contributed by atoms with van der Waals surface area (Å²) in [5.41, 5.74) is 0.163. The lowest BCUT2D eigenvalue weighted by Gasteiger charge is -2.32. The van der Waals surface area contributed by atoms with Crippen molar-refractivity contribution in [3.63, 3.8) is 0 Å². The summed E-state index contributed by atoms with van der Waals surface area (Å²) in [5, 5.41) is 11.8. The van der Waals surface area contributed by atoms with Crippen molar-refractivity contribution in [2.45, 2.75) is 6.04 Å². The van der Waals surface area contributed by atoms with Gasteiger partial charge in [-0.3, -0.25) is 0 Å². The summed E-state index contributed by atoms with van der Waals surface area (Å²) >= 11 is 0. The number of rotatable bonds is 1. The van der Waals surface area contributed by atoms with Crippen LogP contribution in [0, 0.1) is 11.6 Å². The lowest BCUT2D eigenvalue weighted by molar-refractivity contribution is 0.128. The van der Waals surface area contributed by atoms with Crippen LogP contribution in [0.2, 0.25) is 0 Å². The van der Waals surface area contributed by atoms with E-state index in [4.69, 9.17) is 5.11 Å². The van der Waals surface area contributed by atoms with E-state index in [2.05, 4.69) is 5.32 Å². The number of hydrogen-bond acceptors (Lipinski definition) is 2. The van der Waals surface area contributed by atoms with Gasteiger partial charge in [-0.25, -0.2) is 13.6 Å². The first kappa shape index (κ1) is 11.8. The van der Waals surface area contributed by atoms with Crippen LogP contribution in [0.3, 0.4) is 0 Å². The Morgan fingerprint density at radius 3 is 2.94 bits per heavy atom. The molecule has 92 valence electrons. The van der Waals surface area contributed by atoms with Crippen LogP contribution in [0.25, 0.3) is 0 Å². The lowest BCUT2D eigenvalue weighted by atomic mass is 10.0. The van der Waals surface area contributed by atoms with Gasteiger partial charge in [-0.1, -0.05) is 12.1 Å². The predicted octanol–water partition coefficient (Wildman–Crippen LogP) is 1.59. The SMILES string of the molecule is O=C(O)N1CCNC(c2cccc(F)c2F)C1. The summed E-state index contributed by atoms with van der Waals surface area (Å²) in [5.74, 6) is -1.84. The number of piperazine rings is 1. The normalized spacial score (nSPS) is 20.4. The molecular formula is C11H12F2N2O2. The minimum Gasteiger partial charge on any atom is -0.465 e. The maximum atomic E-state index is 13.5. The van der Waals surface area contributed by atoms with E-state index in [-0.39, 0.29) is 12.1 Å². The maximum absolute atomic E-state index is 13.5. The fourth-order valence-electron chi connectivity index (χ4n) is 1.92. The molecule has 0 aliphatic carbocycles. The molecule has 0 spiro atoms. The Labute approximate surface area is 96.8 Å². The first-order valence-corrected chi connectivity index (χ1v) is 5.24. The van der Waals surface area contributed by atoms with Crippen LogP contribution in [-0.4, -0.2) is 35.7 Å². The van der Waals surface area contributed by atoms with Gasteiger partial charge >= 0.3 is 6.09 Å². The third-order valence-corrected chi connectivity index (χ3v) is 2.80. The molecule has 4 nitrogen and oxygen atoms in total. The lowest BCUT2D eigenvalue weighted by Crippen LogP contribution is -2.48. The van der Waals surface area contributed by atoms with Crippen molar-refractivity contribution in [3.8, 4) is 0 Å². The number of nitrogens with zero attached hydrogens (tertiary/aromatic N) is 1. The molecule has 0 radical (unpaired) electrons. The fraction of sp³-hybridized carbons (Fsp3) is 0.364. The maximum Gasteiger partial charge on any atom is 0.407 e. The van der Waals surface area contributed by atoms with Gasteiger partial charge in [0.05, 0.1) is 6.04 Å². The van der Waals surface area contributed by atoms with Crippen LogP contribution in [-0.2, 0) is 0 Å². The van der Waals surface area contributed by atoms with E-state index in [1.807, 2.05) is 0 Å². The zero-order valence-corrected chi connectivity index (χ0v) is 8.99. The van der Waals surface area contributed by atoms with Crippen LogP contribution >= 0.6 is 0 Å². The van der Waals surface area contributed by atoms with Crippen LogP contribution < -0.4 is 5.32 Å². The molecule has 6 heteroatoms. The first-order chi connectivity index (χ1) is 8.09. The van der Waals surface area contributed by atoms with Gasteiger partial charge in [0, 0.05) is 25.2 Å². The summed E-state index contributed by atoms with van der Waals surface area (Å²) < 4.78 is 26.6. The molecule has 1 fully saturated rings. The third kappa shape index (κ3) is 2.36. The second-order valence-corrected chi connectivity index (χ2v) is 3.88. The smallest absolute Gasteiger partial charge is 0.407 e. The molecule has 17 heavy (non-hydrogen) atoms.